The number of fused-ring (bicyclic) bond motifs is 2. The predicted octanol–water partition coefficient (Wildman–Crippen LogP) is 4.77. The number of imidazole rings is 1. The van der Waals surface area contributed by atoms with Gasteiger partial charge in [0, 0.05) is 18.7 Å². The van der Waals surface area contributed by atoms with Crippen molar-refractivity contribution in [2.75, 3.05) is 6.61 Å². The quantitative estimate of drug-likeness (QED) is 0.465. The van der Waals surface area contributed by atoms with Gasteiger partial charge >= 0.3 is 0 Å². The van der Waals surface area contributed by atoms with Gasteiger partial charge < -0.3 is 9.30 Å². The molecule has 4 aromatic rings. The van der Waals surface area contributed by atoms with E-state index in [1.165, 1.54) is 5.56 Å². The zero-order valence-electron chi connectivity index (χ0n) is 16.0. The summed E-state index contributed by atoms with van der Waals surface area (Å²) in [5.74, 6) is 0.907. The molecule has 0 N–H and O–H groups in total. The second-order valence-corrected chi connectivity index (χ2v) is 7.09. The van der Waals surface area contributed by atoms with Gasteiger partial charge in [-0.25, -0.2) is 15.0 Å². The molecular formula is C22H24N4O. The number of benzene rings is 2. The first-order chi connectivity index (χ1) is 13.1. The third-order valence-corrected chi connectivity index (χ3v) is 4.54. The number of aromatic nitrogens is 4. The molecule has 5 nitrogen and oxygen atoms in total. The Bertz CT molecular complexity index is 1070. The summed E-state index contributed by atoms with van der Waals surface area (Å²) in [6.07, 6.45) is 1.14. The number of ether oxygens (including phenoxy) is 1. The zero-order chi connectivity index (χ0) is 18.8. The summed E-state index contributed by atoms with van der Waals surface area (Å²) < 4.78 is 7.88. The van der Waals surface area contributed by atoms with E-state index in [9.17, 15) is 0 Å². The van der Waals surface area contributed by atoms with Gasteiger partial charge in [-0.1, -0.05) is 42.0 Å². The molecule has 2 aromatic heterocycles. The number of aryl methyl sites for hydroxylation is 2. The molecule has 138 valence electrons. The molecule has 5 heteroatoms. The van der Waals surface area contributed by atoms with E-state index in [4.69, 9.17) is 19.7 Å². The Morgan fingerprint density at radius 3 is 2.33 bits per heavy atom. The SMILES string of the molecule is Cc1ccc(-c2nc3nc4ccccc4nc3n2CCCOC(C)C)cc1. The molecule has 2 aromatic carbocycles. The number of rotatable bonds is 6. The smallest absolute Gasteiger partial charge is 0.198 e. The van der Waals surface area contributed by atoms with E-state index in [1.807, 2.05) is 24.3 Å². The summed E-state index contributed by atoms with van der Waals surface area (Å²) in [5, 5.41) is 0. The predicted molar refractivity (Wildman–Crippen MR) is 109 cm³/mol. The van der Waals surface area contributed by atoms with Crippen molar-refractivity contribution in [3.05, 3.63) is 54.1 Å². The van der Waals surface area contributed by atoms with Gasteiger partial charge in [-0.3, -0.25) is 0 Å². The van der Waals surface area contributed by atoms with Crippen molar-refractivity contribution < 1.29 is 4.74 Å². The van der Waals surface area contributed by atoms with Crippen LogP contribution in [-0.4, -0.2) is 32.2 Å². The Labute approximate surface area is 159 Å². The zero-order valence-corrected chi connectivity index (χ0v) is 16.0. The number of hydrogen-bond acceptors (Lipinski definition) is 4. The topological polar surface area (TPSA) is 52.8 Å². The number of hydrogen-bond donors (Lipinski definition) is 0. The molecular weight excluding hydrogens is 336 g/mol. The minimum Gasteiger partial charge on any atom is -0.379 e. The van der Waals surface area contributed by atoms with Gasteiger partial charge in [-0.05, 0) is 39.3 Å². The van der Waals surface area contributed by atoms with Crippen LogP contribution in [0.3, 0.4) is 0 Å². The average molecular weight is 360 g/mol. The lowest BCUT2D eigenvalue weighted by Crippen LogP contribution is -2.08. The maximum Gasteiger partial charge on any atom is 0.198 e. The first kappa shape index (κ1) is 17.6. The van der Waals surface area contributed by atoms with E-state index in [1.54, 1.807) is 0 Å². The van der Waals surface area contributed by atoms with E-state index < -0.39 is 0 Å². The highest BCUT2D eigenvalue weighted by Gasteiger charge is 2.16. The van der Waals surface area contributed by atoms with Crippen LogP contribution in [0.2, 0.25) is 0 Å². The van der Waals surface area contributed by atoms with Crippen molar-refractivity contribution in [3.8, 4) is 11.4 Å². The van der Waals surface area contributed by atoms with Gasteiger partial charge in [-0.2, -0.15) is 0 Å². The highest BCUT2D eigenvalue weighted by Crippen LogP contribution is 2.25. The molecule has 0 spiro atoms. The molecule has 0 aliphatic heterocycles. The van der Waals surface area contributed by atoms with Crippen molar-refractivity contribution in [3.63, 3.8) is 0 Å². The van der Waals surface area contributed by atoms with Gasteiger partial charge in [0.1, 0.15) is 5.82 Å². The van der Waals surface area contributed by atoms with Crippen LogP contribution in [0.1, 0.15) is 25.8 Å². The standard InChI is InChI=1S/C22H24N4O/c1-15(2)27-14-6-13-26-21(17-11-9-16(3)10-12-17)25-20-22(26)24-19-8-5-4-7-18(19)23-20/h4-5,7-12,15H,6,13-14H2,1-3H3. The lowest BCUT2D eigenvalue weighted by molar-refractivity contribution is 0.0750. The monoisotopic (exact) mass is 360 g/mol. The fraction of sp³-hybridized carbons (Fsp3) is 0.318. The molecule has 0 aliphatic rings. The maximum atomic E-state index is 5.71. The molecule has 27 heavy (non-hydrogen) atoms. The van der Waals surface area contributed by atoms with Crippen LogP contribution < -0.4 is 0 Å². The van der Waals surface area contributed by atoms with Crippen molar-refractivity contribution >= 4 is 22.3 Å². The lowest BCUT2D eigenvalue weighted by Gasteiger charge is -2.11. The van der Waals surface area contributed by atoms with Crippen LogP contribution in [-0.2, 0) is 11.3 Å². The molecule has 0 radical (unpaired) electrons. The molecule has 0 saturated carbocycles. The van der Waals surface area contributed by atoms with Crippen LogP contribution in [0.5, 0.6) is 0 Å². The summed E-state index contributed by atoms with van der Waals surface area (Å²) >= 11 is 0. The molecule has 0 fully saturated rings. The van der Waals surface area contributed by atoms with Gasteiger partial charge in [0.15, 0.2) is 11.3 Å². The Kier molecular flexibility index (Phi) is 4.86. The fourth-order valence-electron chi connectivity index (χ4n) is 3.18. The van der Waals surface area contributed by atoms with Crippen molar-refractivity contribution in [1.82, 2.24) is 19.5 Å². The summed E-state index contributed by atoms with van der Waals surface area (Å²) in [4.78, 5) is 14.4. The molecule has 0 bridgehead atoms. The Balaban J connectivity index is 1.80. The van der Waals surface area contributed by atoms with Gasteiger partial charge in [0.25, 0.3) is 0 Å². The summed E-state index contributed by atoms with van der Waals surface area (Å²) in [7, 11) is 0. The lowest BCUT2D eigenvalue weighted by atomic mass is 10.1. The molecule has 4 rings (SSSR count). The largest absolute Gasteiger partial charge is 0.379 e. The van der Waals surface area contributed by atoms with Crippen molar-refractivity contribution in [1.29, 1.82) is 0 Å². The van der Waals surface area contributed by atoms with E-state index in [0.717, 1.165) is 41.0 Å². The van der Waals surface area contributed by atoms with Crippen LogP contribution in [0.4, 0.5) is 0 Å². The van der Waals surface area contributed by atoms with Crippen LogP contribution >= 0.6 is 0 Å². The van der Waals surface area contributed by atoms with Crippen LogP contribution in [0, 0.1) is 6.92 Å². The second-order valence-electron chi connectivity index (χ2n) is 7.09. The first-order valence-electron chi connectivity index (χ1n) is 9.43. The van der Waals surface area contributed by atoms with E-state index >= 15 is 0 Å². The summed E-state index contributed by atoms with van der Waals surface area (Å²) in [5.41, 5.74) is 5.58. The first-order valence-corrected chi connectivity index (χ1v) is 9.43. The number of nitrogens with zero attached hydrogens (tertiary/aromatic N) is 4. The molecule has 0 atom stereocenters. The highest BCUT2D eigenvalue weighted by molar-refractivity contribution is 5.84. The van der Waals surface area contributed by atoms with Crippen LogP contribution in [0.25, 0.3) is 33.7 Å². The van der Waals surface area contributed by atoms with Crippen molar-refractivity contribution in [2.45, 2.75) is 39.8 Å². The minimum atomic E-state index is 0.241. The summed E-state index contributed by atoms with van der Waals surface area (Å²) in [6.45, 7) is 7.71. The van der Waals surface area contributed by atoms with Gasteiger partial charge in [0.2, 0.25) is 0 Å². The Hall–Kier alpha value is -2.79. The van der Waals surface area contributed by atoms with E-state index in [0.29, 0.717) is 12.3 Å². The third-order valence-electron chi connectivity index (χ3n) is 4.54. The molecule has 0 unspecified atom stereocenters. The fourth-order valence-corrected chi connectivity index (χ4v) is 3.18. The van der Waals surface area contributed by atoms with E-state index in [-0.39, 0.29) is 6.10 Å². The van der Waals surface area contributed by atoms with Crippen molar-refractivity contribution in [2.24, 2.45) is 0 Å². The molecule has 2 heterocycles. The number of para-hydroxylation sites is 2. The molecule has 0 amide bonds. The van der Waals surface area contributed by atoms with E-state index in [2.05, 4.69) is 49.6 Å². The highest BCUT2D eigenvalue weighted by atomic mass is 16.5. The molecule has 0 saturated heterocycles. The average Bonchev–Trinajstić information content (AvgIpc) is 3.01. The second kappa shape index (κ2) is 7.45. The summed E-state index contributed by atoms with van der Waals surface area (Å²) in [6, 6.07) is 16.4. The van der Waals surface area contributed by atoms with Gasteiger partial charge in [0.05, 0.1) is 17.1 Å². The minimum absolute atomic E-state index is 0.241. The normalized spacial score (nSPS) is 11.7. The molecule has 0 aliphatic carbocycles. The Morgan fingerprint density at radius 1 is 0.926 bits per heavy atom. The Morgan fingerprint density at radius 2 is 1.63 bits per heavy atom. The maximum absolute atomic E-state index is 5.71. The third kappa shape index (κ3) is 3.69. The van der Waals surface area contributed by atoms with Gasteiger partial charge in [-0.15, -0.1) is 0 Å². The van der Waals surface area contributed by atoms with Crippen LogP contribution in [0.15, 0.2) is 48.5 Å².